The molecular weight excluding hydrogens is 248 g/mol. The molecule has 0 unspecified atom stereocenters. The fraction of sp³-hybridized carbons (Fsp3) is 0.615. The molecule has 1 aromatic heterocycles. The summed E-state index contributed by atoms with van der Waals surface area (Å²) in [6.07, 6.45) is 1.73. The highest BCUT2D eigenvalue weighted by molar-refractivity contribution is 6.30. The molecule has 4 nitrogen and oxygen atoms in total. The molecule has 5 heteroatoms. The van der Waals surface area contributed by atoms with Gasteiger partial charge in [0.25, 0.3) is 0 Å². The Morgan fingerprint density at radius 2 is 2.22 bits per heavy atom. The fourth-order valence-corrected chi connectivity index (χ4v) is 2.33. The van der Waals surface area contributed by atoms with Crippen molar-refractivity contribution in [3.05, 3.63) is 29.0 Å². The van der Waals surface area contributed by atoms with Crippen LogP contribution in [0, 0.1) is 0 Å². The van der Waals surface area contributed by atoms with Crippen molar-refractivity contribution in [1.29, 1.82) is 0 Å². The summed E-state index contributed by atoms with van der Waals surface area (Å²) in [7, 11) is 2.13. The summed E-state index contributed by atoms with van der Waals surface area (Å²) in [4.78, 5) is 8.90. The summed E-state index contributed by atoms with van der Waals surface area (Å²) in [5.41, 5.74) is 1.10. The van der Waals surface area contributed by atoms with Crippen molar-refractivity contribution in [2.75, 3.05) is 46.3 Å². The fourth-order valence-electron chi connectivity index (χ4n) is 2.15. The van der Waals surface area contributed by atoms with Crippen LogP contribution in [-0.2, 0) is 6.54 Å². The second-order valence-corrected chi connectivity index (χ2v) is 5.14. The molecule has 0 aromatic carbocycles. The van der Waals surface area contributed by atoms with Crippen molar-refractivity contribution in [1.82, 2.24) is 20.1 Å². The van der Waals surface area contributed by atoms with Gasteiger partial charge in [-0.2, -0.15) is 0 Å². The minimum atomic E-state index is 0.617. The molecular formula is C13H21ClN4. The van der Waals surface area contributed by atoms with E-state index in [-0.39, 0.29) is 0 Å². The minimum absolute atomic E-state index is 0.617. The van der Waals surface area contributed by atoms with E-state index >= 15 is 0 Å². The molecule has 18 heavy (non-hydrogen) atoms. The van der Waals surface area contributed by atoms with E-state index in [2.05, 4.69) is 27.1 Å². The molecule has 1 fully saturated rings. The highest BCUT2D eigenvalue weighted by atomic mass is 35.5. The molecule has 0 radical (unpaired) electrons. The Balaban J connectivity index is 1.74. The van der Waals surface area contributed by atoms with Gasteiger partial charge in [-0.25, -0.2) is 4.98 Å². The van der Waals surface area contributed by atoms with Crippen LogP contribution in [0.5, 0.6) is 0 Å². The summed E-state index contributed by atoms with van der Waals surface area (Å²) in [5.74, 6) is 0. The van der Waals surface area contributed by atoms with Gasteiger partial charge in [0.2, 0.25) is 0 Å². The molecule has 0 saturated carbocycles. The third kappa shape index (κ3) is 4.21. The number of halogens is 1. The van der Waals surface area contributed by atoms with E-state index < -0.39 is 0 Å². The molecule has 1 aliphatic rings. The average molecular weight is 269 g/mol. The molecule has 0 atom stereocenters. The Hall–Kier alpha value is -0.680. The maximum atomic E-state index is 6.06. The van der Waals surface area contributed by atoms with Gasteiger partial charge >= 0.3 is 0 Å². The van der Waals surface area contributed by atoms with Gasteiger partial charge in [-0.05, 0) is 13.1 Å². The zero-order valence-electron chi connectivity index (χ0n) is 10.9. The molecule has 0 spiro atoms. The first-order valence-corrected chi connectivity index (χ1v) is 6.84. The topological polar surface area (TPSA) is 31.4 Å². The van der Waals surface area contributed by atoms with Crippen molar-refractivity contribution in [3.8, 4) is 0 Å². The molecule has 100 valence electrons. The first kappa shape index (κ1) is 13.7. The maximum Gasteiger partial charge on any atom is 0.133 e. The highest BCUT2D eigenvalue weighted by Gasteiger charge is 2.10. The lowest BCUT2D eigenvalue weighted by molar-refractivity contribution is 0.202. The molecule has 2 heterocycles. The Bertz CT molecular complexity index is 366. The Kier molecular flexibility index (Phi) is 5.38. The first-order chi connectivity index (χ1) is 8.75. The molecule has 1 aliphatic heterocycles. The number of aromatic nitrogens is 1. The lowest BCUT2D eigenvalue weighted by Crippen LogP contribution is -2.45. The van der Waals surface area contributed by atoms with E-state index in [9.17, 15) is 0 Å². The van der Waals surface area contributed by atoms with Crippen LogP contribution < -0.4 is 5.32 Å². The van der Waals surface area contributed by atoms with Crippen molar-refractivity contribution in [2.45, 2.75) is 6.54 Å². The third-order valence-corrected chi connectivity index (χ3v) is 3.62. The van der Waals surface area contributed by atoms with Crippen molar-refractivity contribution >= 4 is 11.6 Å². The SMILES string of the molecule is CN(CCN1CCNCC1)Cc1cccnc1Cl. The van der Waals surface area contributed by atoms with Crippen LogP contribution in [0.25, 0.3) is 0 Å². The number of hydrogen-bond donors (Lipinski definition) is 1. The summed E-state index contributed by atoms with van der Waals surface area (Å²) < 4.78 is 0. The number of likely N-dealkylation sites (N-methyl/N-ethyl adjacent to an activating group) is 1. The summed E-state index contributed by atoms with van der Waals surface area (Å²) in [6, 6.07) is 3.97. The van der Waals surface area contributed by atoms with Crippen LogP contribution in [0.3, 0.4) is 0 Å². The van der Waals surface area contributed by atoms with E-state index in [0.29, 0.717) is 5.15 Å². The van der Waals surface area contributed by atoms with Gasteiger partial charge in [0.05, 0.1) is 0 Å². The standard InChI is InChI=1S/C13H21ClN4/c1-17(9-10-18-7-5-15-6-8-18)11-12-3-2-4-16-13(12)14/h2-4,15H,5-11H2,1H3. The van der Waals surface area contributed by atoms with Crippen LogP contribution in [0.4, 0.5) is 0 Å². The van der Waals surface area contributed by atoms with Gasteiger partial charge in [0.15, 0.2) is 0 Å². The Morgan fingerprint density at radius 3 is 2.94 bits per heavy atom. The monoisotopic (exact) mass is 268 g/mol. The number of piperazine rings is 1. The largest absolute Gasteiger partial charge is 0.314 e. The molecule has 1 aromatic rings. The minimum Gasteiger partial charge on any atom is -0.314 e. The maximum absolute atomic E-state index is 6.06. The number of pyridine rings is 1. The second kappa shape index (κ2) is 7.04. The van der Waals surface area contributed by atoms with Gasteiger partial charge in [-0.1, -0.05) is 17.7 Å². The quantitative estimate of drug-likeness (QED) is 0.810. The number of rotatable bonds is 5. The Labute approximate surface area is 114 Å². The van der Waals surface area contributed by atoms with E-state index in [4.69, 9.17) is 11.6 Å². The normalized spacial score (nSPS) is 17.3. The van der Waals surface area contributed by atoms with Crippen LogP contribution in [-0.4, -0.2) is 61.1 Å². The van der Waals surface area contributed by atoms with Crippen LogP contribution >= 0.6 is 11.6 Å². The van der Waals surface area contributed by atoms with Gasteiger partial charge < -0.3 is 10.2 Å². The number of nitrogens with one attached hydrogen (secondary N) is 1. The molecule has 0 bridgehead atoms. The molecule has 0 aliphatic carbocycles. The Morgan fingerprint density at radius 1 is 1.44 bits per heavy atom. The molecule has 2 rings (SSSR count). The predicted molar refractivity (Wildman–Crippen MR) is 74.9 cm³/mol. The van der Waals surface area contributed by atoms with Crippen LogP contribution in [0.15, 0.2) is 18.3 Å². The summed E-state index contributed by atoms with van der Waals surface area (Å²) in [6.45, 7) is 7.57. The summed E-state index contributed by atoms with van der Waals surface area (Å²) >= 11 is 6.06. The first-order valence-electron chi connectivity index (χ1n) is 6.47. The van der Waals surface area contributed by atoms with Gasteiger partial charge in [0.1, 0.15) is 5.15 Å². The molecule has 0 amide bonds. The predicted octanol–water partition coefficient (Wildman–Crippen LogP) is 1.07. The van der Waals surface area contributed by atoms with Gasteiger partial charge in [-0.3, -0.25) is 4.90 Å². The van der Waals surface area contributed by atoms with Crippen molar-refractivity contribution in [2.24, 2.45) is 0 Å². The zero-order valence-corrected chi connectivity index (χ0v) is 11.7. The lowest BCUT2D eigenvalue weighted by Gasteiger charge is -2.29. The average Bonchev–Trinajstić information content (AvgIpc) is 2.40. The smallest absolute Gasteiger partial charge is 0.133 e. The number of nitrogens with zero attached hydrogens (tertiary/aromatic N) is 3. The lowest BCUT2D eigenvalue weighted by atomic mass is 10.2. The van der Waals surface area contributed by atoms with Crippen LogP contribution in [0.2, 0.25) is 5.15 Å². The molecule has 1 N–H and O–H groups in total. The van der Waals surface area contributed by atoms with Gasteiger partial charge in [-0.15, -0.1) is 0 Å². The molecule has 1 saturated heterocycles. The van der Waals surface area contributed by atoms with Crippen molar-refractivity contribution < 1.29 is 0 Å². The number of hydrogen-bond acceptors (Lipinski definition) is 4. The van der Waals surface area contributed by atoms with Crippen molar-refractivity contribution in [3.63, 3.8) is 0 Å². The van der Waals surface area contributed by atoms with E-state index in [1.165, 1.54) is 0 Å². The third-order valence-electron chi connectivity index (χ3n) is 3.28. The second-order valence-electron chi connectivity index (χ2n) is 4.78. The van der Waals surface area contributed by atoms with E-state index in [0.717, 1.165) is 51.4 Å². The highest BCUT2D eigenvalue weighted by Crippen LogP contribution is 2.13. The van der Waals surface area contributed by atoms with Crippen LogP contribution in [0.1, 0.15) is 5.56 Å². The zero-order chi connectivity index (χ0) is 12.8. The van der Waals surface area contributed by atoms with E-state index in [1.54, 1.807) is 6.20 Å². The van der Waals surface area contributed by atoms with E-state index in [1.807, 2.05) is 12.1 Å². The summed E-state index contributed by atoms with van der Waals surface area (Å²) in [5, 5.41) is 3.99. The van der Waals surface area contributed by atoms with Gasteiger partial charge in [0, 0.05) is 57.6 Å².